The molecule has 0 bridgehead atoms. The van der Waals surface area contributed by atoms with E-state index in [1.807, 2.05) is 0 Å². The highest BCUT2D eigenvalue weighted by atomic mass is 32.1. The number of fused-ring (bicyclic) bond motifs is 2. The Bertz CT molecular complexity index is 1420. The molecule has 1 amide bonds. The van der Waals surface area contributed by atoms with Crippen molar-refractivity contribution in [1.29, 1.82) is 0 Å². The minimum Gasteiger partial charge on any atom is -0.454 e. The van der Waals surface area contributed by atoms with Gasteiger partial charge in [0.25, 0.3) is 5.69 Å². The standard InChI is InChI=1S/C29H33N5O5S/c35-28(10-9-20-15-25-26(39-19-38-25)16-24(20)34(36)37)30-17-21-5-1-2-6-22(21)18-32-11-13-33(14-12-32)29-23-7-3-4-8-27(23)40-31-29/h3-4,7-10,15-16,21-22H,1-2,5-6,11-14,17-19H2,(H,30,35)/b10-9+/t21-,22-/m1/s1. The molecule has 10 nitrogen and oxygen atoms in total. The van der Waals surface area contributed by atoms with Crippen LogP contribution in [-0.2, 0) is 4.79 Å². The van der Waals surface area contributed by atoms with Gasteiger partial charge in [-0.25, -0.2) is 0 Å². The van der Waals surface area contributed by atoms with Gasteiger partial charge in [-0.3, -0.25) is 19.8 Å². The molecule has 2 fully saturated rings. The topological polar surface area (TPSA) is 110 Å². The van der Waals surface area contributed by atoms with Gasteiger partial charge in [-0.2, -0.15) is 4.37 Å². The molecule has 6 rings (SSSR count). The number of ether oxygens (including phenoxy) is 2. The van der Waals surface area contributed by atoms with Crippen LogP contribution in [0.4, 0.5) is 11.5 Å². The Labute approximate surface area is 236 Å². The Morgan fingerprint density at radius 1 is 1.10 bits per heavy atom. The molecule has 1 saturated heterocycles. The van der Waals surface area contributed by atoms with Crippen molar-refractivity contribution in [2.75, 3.05) is 51.0 Å². The van der Waals surface area contributed by atoms with Crippen molar-refractivity contribution in [2.24, 2.45) is 11.8 Å². The van der Waals surface area contributed by atoms with Crippen molar-refractivity contribution >= 4 is 45.1 Å². The van der Waals surface area contributed by atoms with Crippen molar-refractivity contribution in [3.8, 4) is 11.5 Å². The second-order valence-corrected chi connectivity index (χ2v) is 11.5. The van der Waals surface area contributed by atoms with Gasteiger partial charge in [0, 0.05) is 50.7 Å². The SMILES string of the molecule is O=C(/C=C/c1cc2c(cc1[N+](=O)[O-])OCO2)NC[C@H]1CCCC[C@@H]1CN1CCN(c2nsc3ccccc23)CC1. The van der Waals surface area contributed by atoms with Crippen LogP contribution in [0.2, 0.25) is 0 Å². The molecule has 11 heteroatoms. The fourth-order valence-corrected chi connectivity index (χ4v) is 6.86. The van der Waals surface area contributed by atoms with E-state index in [2.05, 4.69) is 39.4 Å². The second-order valence-electron chi connectivity index (χ2n) is 10.7. The smallest absolute Gasteiger partial charge is 0.280 e. The summed E-state index contributed by atoms with van der Waals surface area (Å²) < 4.78 is 16.5. The Kier molecular flexibility index (Phi) is 7.83. The third-order valence-electron chi connectivity index (χ3n) is 8.26. The lowest BCUT2D eigenvalue weighted by molar-refractivity contribution is -0.385. The fraction of sp³-hybridized carbons (Fsp3) is 0.448. The third kappa shape index (κ3) is 5.75. The van der Waals surface area contributed by atoms with Gasteiger partial charge in [-0.05, 0) is 60.5 Å². The van der Waals surface area contributed by atoms with E-state index in [9.17, 15) is 14.9 Å². The number of piperazine rings is 1. The highest BCUT2D eigenvalue weighted by Gasteiger charge is 2.29. The molecular formula is C29H33N5O5S. The summed E-state index contributed by atoms with van der Waals surface area (Å²) in [7, 11) is 0. The number of nitrogens with one attached hydrogen (secondary N) is 1. The molecule has 1 saturated carbocycles. The maximum absolute atomic E-state index is 12.7. The number of hydrogen-bond donors (Lipinski definition) is 1. The molecule has 40 heavy (non-hydrogen) atoms. The first kappa shape index (κ1) is 26.5. The van der Waals surface area contributed by atoms with E-state index in [4.69, 9.17) is 13.8 Å². The monoisotopic (exact) mass is 563 g/mol. The number of carbonyl (C=O) groups is 1. The molecule has 1 aromatic heterocycles. The van der Waals surface area contributed by atoms with Gasteiger partial charge in [-0.1, -0.05) is 25.0 Å². The van der Waals surface area contributed by atoms with Crippen molar-refractivity contribution in [1.82, 2.24) is 14.6 Å². The maximum atomic E-state index is 12.7. The molecule has 2 aromatic carbocycles. The van der Waals surface area contributed by atoms with E-state index < -0.39 is 4.92 Å². The molecule has 2 atom stereocenters. The molecule has 1 aliphatic carbocycles. The zero-order chi connectivity index (χ0) is 27.5. The third-order valence-corrected chi connectivity index (χ3v) is 9.08. The molecule has 1 N–H and O–H groups in total. The molecule has 3 aromatic rings. The Hall–Kier alpha value is -3.70. The Morgan fingerprint density at radius 2 is 1.85 bits per heavy atom. The van der Waals surface area contributed by atoms with Gasteiger partial charge in [0.15, 0.2) is 11.5 Å². The van der Waals surface area contributed by atoms with Crippen LogP contribution in [0.15, 0.2) is 42.5 Å². The number of rotatable bonds is 8. The summed E-state index contributed by atoms with van der Waals surface area (Å²) in [5, 5.41) is 15.8. The average Bonchev–Trinajstić information content (AvgIpc) is 3.62. The summed E-state index contributed by atoms with van der Waals surface area (Å²) in [6.45, 7) is 5.66. The van der Waals surface area contributed by atoms with E-state index >= 15 is 0 Å². The quantitative estimate of drug-likeness (QED) is 0.239. The number of nitro benzene ring substituents is 1. The van der Waals surface area contributed by atoms with Crippen molar-refractivity contribution in [3.63, 3.8) is 0 Å². The van der Waals surface area contributed by atoms with Gasteiger partial charge >= 0.3 is 0 Å². The van der Waals surface area contributed by atoms with Crippen LogP contribution < -0.4 is 19.7 Å². The molecule has 0 unspecified atom stereocenters. The van der Waals surface area contributed by atoms with Crippen LogP contribution in [-0.4, -0.2) is 66.2 Å². The number of carbonyl (C=O) groups excluding carboxylic acids is 1. The molecule has 2 aliphatic heterocycles. The normalized spacial score (nSPS) is 21.2. The first-order valence-electron chi connectivity index (χ1n) is 13.9. The fourth-order valence-electron chi connectivity index (χ4n) is 6.06. The lowest BCUT2D eigenvalue weighted by atomic mass is 9.78. The van der Waals surface area contributed by atoms with Crippen LogP contribution in [0.5, 0.6) is 11.5 Å². The number of anilines is 1. The number of nitro groups is 1. The summed E-state index contributed by atoms with van der Waals surface area (Å²) in [5.74, 6) is 2.61. The highest BCUT2D eigenvalue weighted by Crippen LogP contribution is 2.38. The van der Waals surface area contributed by atoms with Gasteiger partial charge in [0.1, 0.15) is 5.82 Å². The van der Waals surface area contributed by atoms with Crippen LogP contribution >= 0.6 is 11.5 Å². The number of hydrogen-bond acceptors (Lipinski definition) is 9. The van der Waals surface area contributed by atoms with E-state index in [0.717, 1.165) is 45.0 Å². The van der Waals surface area contributed by atoms with Crippen LogP contribution in [0.25, 0.3) is 16.2 Å². The van der Waals surface area contributed by atoms with E-state index in [1.54, 1.807) is 11.5 Å². The van der Waals surface area contributed by atoms with Gasteiger partial charge in [0.2, 0.25) is 12.7 Å². The van der Waals surface area contributed by atoms with Gasteiger partial charge in [0.05, 0.1) is 21.3 Å². The van der Waals surface area contributed by atoms with Crippen LogP contribution in [0.3, 0.4) is 0 Å². The summed E-state index contributed by atoms with van der Waals surface area (Å²) in [5.41, 5.74) is 0.188. The van der Waals surface area contributed by atoms with Crippen LogP contribution in [0.1, 0.15) is 31.2 Å². The summed E-state index contributed by atoms with van der Waals surface area (Å²) in [4.78, 5) is 28.7. The lowest BCUT2D eigenvalue weighted by Crippen LogP contribution is -2.49. The number of aromatic nitrogens is 1. The maximum Gasteiger partial charge on any atom is 0.280 e. The van der Waals surface area contributed by atoms with Gasteiger partial charge < -0.3 is 19.7 Å². The summed E-state index contributed by atoms with van der Waals surface area (Å²) in [6, 6.07) is 11.3. The van der Waals surface area contributed by atoms with E-state index in [0.29, 0.717) is 35.4 Å². The van der Waals surface area contributed by atoms with E-state index in [1.165, 1.54) is 53.6 Å². The Morgan fingerprint density at radius 3 is 2.65 bits per heavy atom. The number of amides is 1. The van der Waals surface area contributed by atoms with E-state index in [-0.39, 0.29) is 18.4 Å². The average molecular weight is 564 g/mol. The summed E-state index contributed by atoms with van der Waals surface area (Å²) in [6.07, 6.45) is 7.53. The molecule has 3 aliphatic rings. The predicted molar refractivity (Wildman–Crippen MR) is 155 cm³/mol. The summed E-state index contributed by atoms with van der Waals surface area (Å²) >= 11 is 1.57. The van der Waals surface area contributed by atoms with Crippen LogP contribution in [0, 0.1) is 22.0 Å². The highest BCUT2D eigenvalue weighted by molar-refractivity contribution is 7.13. The van der Waals surface area contributed by atoms with Crippen molar-refractivity contribution < 1.29 is 19.2 Å². The number of benzene rings is 2. The molecule has 3 heterocycles. The first-order chi connectivity index (χ1) is 19.5. The van der Waals surface area contributed by atoms with Crippen molar-refractivity contribution in [2.45, 2.75) is 25.7 Å². The molecule has 210 valence electrons. The number of nitrogens with zero attached hydrogens (tertiary/aromatic N) is 4. The first-order valence-corrected chi connectivity index (χ1v) is 14.7. The molecule has 0 spiro atoms. The van der Waals surface area contributed by atoms with Gasteiger partial charge in [-0.15, -0.1) is 0 Å². The zero-order valence-corrected chi connectivity index (χ0v) is 23.1. The molecular weight excluding hydrogens is 530 g/mol. The predicted octanol–water partition coefficient (Wildman–Crippen LogP) is 4.69. The lowest BCUT2D eigenvalue weighted by Gasteiger charge is -2.40. The second kappa shape index (κ2) is 11.8. The minimum atomic E-state index is -0.481. The zero-order valence-electron chi connectivity index (χ0n) is 22.3. The van der Waals surface area contributed by atoms with Crippen molar-refractivity contribution in [3.05, 3.63) is 58.2 Å². The minimum absolute atomic E-state index is 0.0291. The largest absolute Gasteiger partial charge is 0.454 e. The molecule has 0 radical (unpaired) electrons. The Balaban J connectivity index is 1.02.